The van der Waals surface area contributed by atoms with Gasteiger partial charge in [-0.2, -0.15) is 11.0 Å². The van der Waals surface area contributed by atoms with E-state index in [2.05, 4.69) is 20.6 Å². The molecule has 0 bridgehead atoms. The van der Waals surface area contributed by atoms with Crippen molar-refractivity contribution in [3.05, 3.63) is 0 Å². The van der Waals surface area contributed by atoms with E-state index in [-0.39, 0.29) is 0 Å². The van der Waals surface area contributed by atoms with E-state index >= 15 is 0 Å². The van der Waals surface area contributed by atoms with Gasteiger partial charge in [0.2, 0.25) is 0 Å². The second kappa shape index (κ2) is 9.42. The Morgan fingerprint density at radius 1 is 0.933 bits per heavy atom. The monoisotopic (exact) mass is 218 g/mol. The maximum absolute atomic E-state index is 10.9. The molecule has 6 nitrogen and oxygen atoms in total. The van der Waals surface area contributed by atoms with Crippen LogP contribution in [0.4, 0.5) is 0 Å². The standard InChI is InChI=1S/C9H18N2O4/c1-3-5-10-14-8(12)7-9(13)15-11-6-4-2/h10-11H,3-7H2,1-2H3. The zero-order valence-electron chi connectivity index (χ0n) is 9.17. The topological polar surface area (TPSA) is 76.7 Å². The first-order valence-electron chi connectivity index (χ1n) is 5.05. The summed E-state index contributed by atoms with van der Waals surface area (Å²) in [5.74, 6) is -1.29. The SMILES string of the molecule is CCCNOC(=O)CC(=O)ONCCC. The van der Waals surface area contributed by atoms with Crippen molar-refractivity contribution in [2.24, 2.45) is 0 Å². The van der Waals surface area contributed by atoms with E-state index in [1.54, 1.807) is 0 Å². The highest BCUT2D eigenvalue weighted by Gasteiger charge is 2.11. The zero-order valence-corrected chi connectivity index (χ0v) is 9.17. The van der Waals surface area contributed by atoms with Crippen LogP contribution in [0.2, 0.25) is 0 Å². The lowest BCUT2D eigenvalue weighted by molar-refractivity contribution is -0.162. The first-order valence-corrected chi connectivity index (χ1v) is 5.05. The fourth-order valence-corrected chi connectivity index (χ4v) is 0.657. The summed E-state index contributed by atoms with van der Waals surface area (Å²) >= 11 is 0. The smallest absolute Gasteiger partial charge is 0.335 e. The molecule has 0 aliphatic rings. The second-order valence-corrected chi connectivity index (χ2v) is 2.91. The fourth-order valence-electron chi connectivity index (χ4n) is 0.657. The van der Waals surface area contributed by atoms with Crippen LogP contribution in [0, 0.1) is 0 Å². The molecule has 88 valence electrons. The van der Waals surface area contributed by atoms with Crippen molar-refractivity contribution in [2.45, 2.75) is 33.1 Å². The molecule has 0 aliphatic carbocycles. The summed E-state index contributed by atoms with van der Waals surface area (Å²) in [6.45, 7) is 5.00. The van der Waals surface area contributed by atoms with Gasteiger partial charge in [0.25, 0.3) is 0 Å². The van der Waals surface area contributed by atoms with Crippen LogP contribution in [0.1, 0.15) is 33.1 Å². The molecule has 0 rings (SSSR count). The van der Waals surface area contributed by atoms with Gasteiger partial charge < -0.3 is 9.68 Å². The highest BCUT2D eigenvalue weighted by Crippen LogP contribution is 1.87. The Hall–Kier alpha value is -1.14. The van der Waals surface area contributed by atoms with Gasteiger partial charge in [-0.1, -0.05) is 13.8 Å². The van der Waals surface area contributed by atoms with Gasteiger partial charge in [0.05, 0.1) is 0 Å². The summed E-state index contributed by atoms with van der Waals surface area (Å²) in [5, 5.41) is 0. The van der Waals surface area contributed by atoms with Crippen molar-refractivity contribution in [2.75, 3.05) is 13.1 Å². The van der Waals surface area contributed by atoms with Crippen molar-refractivity contribution in [1.29, 1.82) is 0 Å². The van der Waals surface area contributed by atoms with Crippen LogP contribution in [-0.2, 0) is 19.3 Å². The molecule has 0 atom stereocenters. The molecule has 0 saturated heterocycles. The van der Waals surface area contributed by atoms with E-state index in [4.69, 9.17) is 0 Å². The lowest BCUT2D eigenvalue weighted by Gasteiger charge is -2.05. The summed E-state index contributed by atoms with van der Waals surface area (Å²) in [5.41, 5.74) is 4.86. The number of nitrogens with one attached hydrogen (secondary N) is 2. The van der Waals surface area contributed by atoms with Crippen molar-refractivity contribution < 1.29 is 19.3 Å². The van der Waals surface area contributed by atoms with Crippen molar-refractivity contribution in [3.63, 3.8) is 0 Å². The van der Waals surface area contributed by atoms with Crippen LogP contribution in [-0.4, -0.2) is 25.0 Å². The molecule has 0 radical (unpaired) electrons. The van der Waals surface area contributed by atoms with Gasteiger partial charge in [-0.3, -0.25) is 0 Å². The van der Waals surface area contributed by atoms with Gasteiger partial charge in [0, 0.05) is 13.1 Å². The molecule has 0 amide bonds. The average molecular weight is 218 g/mol. The van der Waals surface area contributed by atoms with E-state index in [1.165, 1.54) is 0 Å². The molecular formula is C9H18N2O4. The van der Waals surface area contributed by atoms with Gasteiger partial charge in [-0.05, 0) is 12.8 Å². The van der Waals surface area contributed by atoms with E-state index < -0.39 is 18.4 Å². The lowest BCUT2D eigenvalue weighted by Crippen LogP contribution is -2.26. The summed E-state index contributed by atoms with van der Waals surface area (Å²) in [6, 6.07) is 0. The van der Waals surface area contributed by atoms with Gasteiger partial charge >= 0.3 is 11.9 Å². The summed E-state index contributed by atoms with van der Waals surface area (Å²) in [7, 11) is 0. The Balaban J connectivity index is 3.45. The lowest BCUT2D eigenvalue weighted by atomic mass is 10.4. The van der Waals surface area contributed by atoms with Crippen LogP contribution in [0.15, 0.2) is 0 Å². The minimum atomic E-state index is -0.647. The van der Waals surface area contributed by atoms with Crippen molar-refractivity contribution >= 4 is 11.9 Å². The molecule has 0 heterocycles. The predicted octanol–water partition coefficient (Wildman–Crippen LogP) is 0.292. The first-order chi connectivity index (χ1) is 7.20. The molecule has 0 spiro atoms. The number of rotatable bonds is 8. The predicted molar refractivity (Wildman–Crippen MR) is 53.4 cm³/mol. The minimum absolute atomic E-state index is 0.395. The maximum Gasteiger partial charge on any atom is 0.335 e. The number of hydroxylamine groups is 2. The molecule has 0 fully saturated rings. The largest absolute Gasteiger partial charge is 0.370 e. The van der Waals surface area contributed by atoms with Gasteiger partial charge in [-0.15, -0.1) is 0 Å². The molecule has 15 heavy (non-hydrogen) atoms. The Bertz CT molecular complexity index is 177. The first kappa shape index (κ1) is 13.9. The van der Waals surface area contributed by atoms with Crippen LogP contribution in [0.25, 0.3) is 0 Å². The van der Waals surface area contributed by atoms with Crippen molar-refractivity contribution in [1.82, 2.24) is 11.0 Å². The molecule has 0 aromatic rings. The number of hydrogen-bond donors (Lipinski definition) is 2. The Morgan fingerprint density at radius 2 is 1.33 bits per heavy atom. The van der Waals surface area contributed by atoms with Gasteiger partial charge in [-0.25, -0.2) is 9.59 Å². The van der Waals surface area contributed by atoms with Crippen LogP contribution in [0.5, 0.6) is 0 Å². The Morgan fingerprint density at radius 3 is 1.67 bits per heavy atom. The molecule has 0 aromatic heterocycles. The van der Waals surface area contributed by atoms with E-state index in [0.717, 1.165) is 12.8 Å². The second-order valence-electron chi connectivity index (χ2n) is 2.91. The van der Waals surface area contributed by atoms with E-state index in [9.17, 15) is 9.59 Å². The third-order valence-electron chi connectivity index (χ3n) is 1.36. The molecular weight excluding hydrogens is 200 g/mol. The molecule has 0 unspecified atom stereocenters. The van der Waals surface area contributed by atoms with E-state index in [1.807, 2.05) is 13.8 Å². The molecule has 6 heteroatoms. The average Bonchev–Trinajstić information content (AvgIpc) is 2.18. The summed E-state index contributed by atoms with van der Waals surface area (Å²) < 4.78 is 0. The molecule has 0 aromatic carbocycles. The fraction of sp³-hybridized carbons (Fsp3) is 0.778. The normalized spacial score (nSPS) is 9.73. The third-order valence-corrected chi connectivity index (χ3v) is 1.36. The van der Waals surface area contributed by atoms with Crippen LogP contribution < -0.4 is 11.0 Å². The molecule has 0 aliphatic heterocycles. The van der Waals surface area contributed by atoms with Gasteiger partial charge in [0.15, 0.2) is 0 Å². The third kappa shape index (κ3) is 9.17. The highest BCUT2D eigenvalue weighted by atomic mass is 16.7. The Kier molecular flexibility index (Phi) is 8.70. The number of hydrogen-bond acceptors (Lipinski definition) is 6. The minimum Gasteiger partial charge on any atom is -0.370 e. The van der Waals surface area contributed by atoms with E-state index in [0.29, 0.717) is 13.1 Å². The number of carbonyl (C=O) groups excluding carboxylic acids is 2. The molecule has 0 saturated carbocycles. The van der Waals surface area contributed by atoms with Crippen LogP contribution >= 0.6 is 0 Å². The van der Waals surface area contributed by atoms with Crippen LogP contribution in [0.3, 0.4) is 0 Å². The quantitative estimate of drug-likeness (QED) is 0.346. The van der Waals surface area contributed by atoms with Crippen molar-refractivity contribution in [3.8, 4) is 0 Å². The maximum atomic E-state index is 10.9. The number of carbonyl (C=O) groups is 2. The highest BCUT2D eigenvalue weighted by molar-refractivity contribution is 5.90. The summed E-state index contributed by atoms with van der Waals surface area (Å²) in [4.78, 5) is 31.0. The Labute approximate surface area is 89.2 Å². The van der Waals surface area contributed by atoms with Gasteiger partial charge in [0.1, 0.15) is 6.42 Å². The molecule has 2 N–H and O–H groups in total. The zero-order chi connectivity index (χ0) is 11.5. The summed E-state index contributed by atoms with van der Waals surface area (Å²) in [6.07, 6.45) is 1.29.